The zero-order valence-corrected chi connectivity index (χ0v) is 11.5. The highest BCUT2D eigenvalue weighted by Gasteiger charge is 2.38. The minimum atomic E-state index is -5.84. The van der Waals surface area contributed by atoms with Gasteiger partial charge in [0, 0.05) is 5.56 Å². The first-order chi connectivity index (χ1) is 10.0. The second kappa shape index (κ2) is 5.11. The Kier molecular flexibility index (Phi) is 3.84. The molecular formula is C13H9F5O3S. The molecule has 0 saturated carbocycles. The lowest BCUT2D eigenvalue weighted by Crippen LogP contribution is -2.34. The molecule has 2 aromatic rings. The number of rotatable bonds is 3. The van der Waals surface area contributed by atoms with Gasteiger partial charge in [-0.2, -0.15) is 0 Å². The first-order valence-corrected chi connectivity index (χ1v) is 7.78. The van der Waals surface area contributed by atoms with Crippen molar-refractivity contribution in [3.63, 3.8) is 0 Å². The molecule has 0 spiro atoms. The van der Waals surface area contributed by atoms with E-state index in [4.69, 9.17) is 0 Å². The topological polar surface area (TPSA) is 57.5 Å². The van der Waals surface area contributed by atoms with Gasteiger partial charge in [0.05, 0.1) is 10.6 Å². The number of hydrogen-bond acceptors (Lipinski definition) is 1. The van der Waals surface area contributed by atoms with Crippen LogP contribution in [0.15, 0.2) is 35.2 Å². The van der Waals surface area contributed by atoms with Crippen molar-refractivity contribution in [2.45, 2.75) is 10.6 Å². The Morgan fingerprint density at radius 2 is 1.18 bits per heavy atom. The number of halogens is 5. The van der Waals surface area contributed by atoms with Crippen molar-refractivity contribution in [2.24, 2.45) is 0 Å². The van der Waals surface area contributed by atoms with Gasteiger partial charge in [-0.15, -0.1) is 0 Å². The van der Waals surface area contributed by atoms with Crippen molar-refractivity contribution >= 4 is 9.63 Å². The minimum Gasteiger partial charge on any atom is -0.304 e. The average molecular weight is 340 g/mol. The smallest absolute Gasteiger partial charge is 0.200 e. The van der Waals surface area contributed by atoms with E-state index in [1.54, 1.807) is 0 Å². The number of hydrogen-bond donors (Lipinski definition) is 2. The van der Waals surface area contributed by atoms with Crippen molar-refractivity contribution < 1.29 is 35.3 Å². The van der Waals surface area contributed by atoms with Crippen molar-refractivity contribution in [1.82, 2.24) is 0 Å². The molecule has 2 aromatic carbocycles. The van der Waals surface area contributed by atoms with Crippen LogP contribution in [0.25, 0.3) is 0 Å². The third kappa shape index (κ3) is 2.74. The Morgan fingerprint density at radius 3 is 1.64 bits per heavy atom. The minimum absolute atomic E-state index is 0.608. The molecule has 120 valence electrons. The highest BCUT2D eigenvalue weighted by atomic mass is 32.3. The summed E-state index contributed by atoms with van der Waals surface area (Å²) in [5, 5.41) is 0. The summed E-state index contributed by atoms with van der Waals surface area (Å²) in [5.74, 6) is -13.1. The van der Waals surface area contributed by atoms with Crippen molar-refractivity contribution in [3.8, 4) is 0 Å². The quantitative estimate of drug-likeness (QED) is 0.509. The SMILES string of the molecule is O=S(O)(O)(Cc1c(F)c(F)c(F)c(F)c1F)c1ccccc1. The lowest BCUT2D eigenvalue weighted by molar-refractivity contribution is 0.362. The van der Waals surface area contributed by atoms with Gasteiger partial charge in [-0.1, -0.05) is 18.2 Å². The van der Waals surface area contributed by atoms with E-state index in [0.717, 1.165) is 12.1 Å². The van der Waals surface area contributed by atoms with Crippen molar-refractivity contribution in [2.75, 3.05) is 0 Å². The average Bonchev–Trinajstić information content (AvgIpc) is 2.48. The molecule has 0 atom stereocenters. The lowest BCUT2D eigenvalue weighted by atomic mass is 10.2. The van der Waals surface area contributed by atoms with Crippen LogP contribution in [0.2, 0.25) is 0 Å². The van der Waals surface area contributed by atoms with Crippen LogP contribution >= 0.6 is 0 Å². The summed E-state index contributed by atoms with van der Waals surface area (Å²) < 4.78 is 98.1. The predicted molar refractivity (Wildman–Crippen MR) is 68.0 cm³/mol. The first kappa shape index (κ1) is 16.5. The van der Waals surface area contributed by atoms with Crippen LogP contribution in [-0.2, 0) is 15.4 Å². The summed E-state index contributed by atoms with van der Waals surface area (Å²) in [4.78, 5) is -0.608. The van der Waals surface area contributed by atoms with Crippen LogP contribution in [0.3, 0.4) is 0 Å². The molecular weight excluding hydrogens is 331 g/mol. The normalized spacial score (nSPS) is 13.7. The molecule has 2 N–H and O–H groups in total. The summed E-state index contributed by atoms with van der Waals surface area (Å²) >= 11 is 0. The molecule has 0 radical (unpaired) electrons. The van der Waals surface area contributed by atoms with Gasteiger partial charge in [0.1, 0.15) is 9.63 Å². The molecule has 3 nitrogen and oxygen atoms in total. The van der Waals surface area contributed by atoms with E-state index in [1.807, 2.05) is 0 Å². The molecule has 0 unspecified atom stereocenters. The van der Waals surface area contributed by atoms with E-state index < -0.39 is 54.9 Å². The van der Waals surface area contributed by atoms with Crippen LogP contribution in [0.4, 0.5) is 22.0 Å². The second-order valence-corrected chi connectivity index (χ2v) is 7.32. The van der Waals surface area contributed by atoms with E-state index in [9.17, 15) is 35.3 Å². The van der Waals surface area contributed by atoms with Gasteiger partial charge in [-0.05, 0) is 12.1 Å². The van der Waals surface area contributed by atoms with Crippen LogP contribution < -0.4 is 0 Å². The summed E-state index contributed by atoms with van der Waals surface area (Å²) in [7, 11) is -5.84. The van der Waals surface area contributed by atoms with Gasteiger partial charge in [0.2, 0.25) is 5.82 Å². The predicted octanol–water partition coefficient (Wildman–Crippen LogP) is 3.71. The molecule has 0 amide bonds. The van der Waals surface area contributed by atoms with E-state index >= 15 is 0 Å². The molecule has 9 heteroatoms. The number of benzene rings is 2. The van der Waals surface area contributed by atoms with Gasteiger partial charge in [0.25, 0.3) is 0 Å². The molecule has 0 fully saturated rings. The maximum atomic E-state index is 13.6. The van der Waals surface area contributed by atoms with Crippen LogP contribution in [0, 0.1) is 29.1 Å². The van der Waals surface area contributed by atoms with Gasteiger partial charge >= 0.3 is 0 Å². The van der Waals surface area contributed by atoms with Gasteiger partial charge in [-0.3, -0.25) is 0 Å². The lowest BCUT2D eigenvalue weighted by Gasteiger charge is -2.31. The molecule has 22 heavy (non-hydrogen) atoms. The largest absolute Gasteiger partial charge is 0.304 e. The highest BCUT2D eigenvalue weighted by molar-refractivity contribution is 8.09. The van der Waals surface area contributed by atoms with Crippen LogP contribution in [0.1, 0.15) is 5.56 Å². The third-order valence-corrected chi connectivity index (χ3v) is 4.95. The zero-order chi connectivity index (χ0) is 16.7. The summed E-state index contributed by atoms with van der Waals surface area (Å²) in [6, 6.07) is 5.93. The van der Waals surface area contributed by atoms with Crippen LogP contribution in [0.5, 0.6) is 0 Å². The van der Waals surface area contributed by atoms with Crippen molar-refractivity contribution in [3.05, 3.63) is 65.0 Å². The van der Waals surface area contributed by atoms with Gasteiger partial charge in [0.15, 0.2) is 23.3 Å². The fourth-order valence-electron chi connectivity index (χ4n) is 1.81. The molecule has 0 aliphatic heterocycles. The molecule has 0 saturated heterocycles. The van der Waals surface area contributed by atoms with E-state index in [2.05, 4.69) is 0 Å². The third-order valence-electron chi connectivity index (χ3n) is 2.92. The van der Waals surface area contributed by atoms with E-state index in [1.165, 1.54) is 18.2 Å². The monoisotopic (exact) mass is 340 g/mol. The second-order valence-electron chi connectivity index (χ2n) is 4.52. The first-order valence-electron chi connectivity index (χ1n) is 5.73. The summed E-state index contributed by atoms with van der Waals surface area (Å²) in [5.41, 5.74) is -1.57. The Labute approximate surface area is 121 Å². The molecule has 0 aromatic heterocycles. The summed E-state index contributed by atoms with van der Waals surface area (Å²) in [6.45, 7) is 0. The van der Waals surface area contributed by atoms with E-state index in [-0.39, 0.29) is 0 Å². The maximum Gasteiger partial charge on any atom is 0.200 e. The molecule has 0 bridgehead atoms. The van der Waals surface area contributed by atoms with Gasteiger partial charge < -0.3 is 9.11 Å². The maximum absolute atomic E-state index is 13.6. The van der Waals surface area contributed by atoms with Gasteiger partial charge in [-0.25, -0.2) is 26.2 Å². The Bertz CT molecular complexity index is 772. The fourth-order valence-corrected chi connectivity index (χ4v) is 3.46. The zero-order valence-electron chi connectivity index (χ0n) is 10.7. The molecule has 0 heterocycles. The Balaban J connectivity index is 2.63. The molecule has 2 rings (SSSR count). The highest BCUT2D eigenvalue weighted by Crippen LogP contribution is 2.35. The van der Waals surface area contributed by atoms with E-state index in [0.29, 0.717) is 0 Å². The fraction of sp³-hybridized carbons (Fsp3) is 0.0769. The molecule has 0 aliphatic rings. The molecule has 0 aliphatic carbocycles. The van der Waals surface area contributed by atoms with Crippen molar-refractivity contribution in [1.29, 1.82) is 0 Å². The summed E-state index contributed by atoms with van der Waals surface area (Å²) in [6.07, 6.45) is 0. The van der Waals surface area contributed by atoms with Crippen LogP contribution in [-0.4, -0.2) is 13.3 Å². The standard InChI is InChI=1S/C13H9F5O3S/c14-9-8(10(15)12(17)13(18)11(9)16)6-22(19,20,21)7-4-2-1-3-5-7/h1-5H,6H2,(H2,19,20,21). The Morgan fingerprint density at radius 1 is 0.773 bits per heavy atom. The Hall–Kier alpha value is -1.84.